The molecule has 19 aromatic rings. The Morgan fingerprint density at radius 2 is 1.10 bits per heavy atom. The van der Waals surface area contributed by atoms with Gasteiger partial charge in [-0.3, -0.25) is 14.8 Å². The summed E-state index contributed by atoms with van der Waals surface area (Å²) in [6.45, 7) is 12.8. The van der Waals surface area contributed by atoms with Crippen LogP contribution < -0.4 is 14.4 Å². The quantitative estimate of drug-likeness (QED) is 0.0458. The molecule has 26 rings (SSSR count). The van der Waals surface area contributed by atoms with E-state index in [1.165, 1.54) is 173 Å². The van der Waals surface area contributed by atoms with Crippen molar-refractivity contribution in [2.45, 2.75) is 161 Å². The summed E-state index contributed by atoms with van der Waals surface area (Å²) < 4.78 is 19.5. The number of thiophene rings is 1. The predicted octanol–water partition coefficient (Wildman–Crippen LogP) is 28.4. The summed E-state index contributed by atoms with van der Waals surface area (Å²) in [4.78, 5) is 37.7. The van der Waals surface area contributed by atoms with Gasteiger partial charge in [0.15, 0.2) is 17.1 Å². The molecule has 13 heterocycles. The van der Waals surface area contributed by atoms with Gasteiger partial charge in [0.05, 0.1) is 28.2 Å². The van der Waals surface area contributed by atoms with Crippen LogP contribution in [0.25, 0.3) is 132 Å². The average molecular weight is 2150 g/mol. The number of nitrogens with zero attached hydrogens (tertiary/aromatic N) is 11. The van der Waals surface area contributed by atoms with Gasteiger partial charge in [-0.2, -0.15) is 4.40 Å². The van der Waals surface area contributed by atoms with Crippen LogP contribution >= 0.6 is 11.3 Å². The van der Waals surface area contributed by atoms with Crippen LogP contribution in [0.4, 0.5) is 11.4 Å². The largest absolute Gasteiger partial charge is 0.512 e. The van der Waals surface area contributed by atoms with E-state index >= 15 is 0 Å². The van der Waals surface area contributed by atoms with Crippen LogP contribution in [0.2, 0.25) is 0 Å². The van der Waals surface area contributed by atoms with E-state index in [4.69, 9.17) is 13.9 Å². The molecule has 2 aliphatic carbocycles. The van der Waals surface area contributed by atoms with Crippen molar-refractivity contribution in [1.82, 2.24) is 38.7 Å². The summed E-state index contributed by atoms with van der Waals surface area (Å²) in [5.41, 5.74) is 28.4. The number of likely N-dealkylation sites (N-methyl/N-ethyl adjacent to an activating group) is 2. The molecule has 135 heavy (non-hydrogen) atoms. The zero-order valence-electron chi connectivity index (χ0n) is 77.3. The fraction of sp³-hybridized carbons (Fsp3) is 0.231. The molecule has 2 radical (unpaired) electrons. The van der Waals surface area contributed by atoms with Gasteiger partial charge in [0, 0.05) is 166 Å². The van der Waals surface area contributed by atoms with Gasteiger partial charge in [-0.15, -0.1) is 101 Å². The number of aliphatic hydroxyl groups is 1. The number of benzene rings is 11. The molecule has 0 bridgehead atoms. The number of fused-ring (bicyclic) bond motifs is 17. The fourth-order valence-corrected chi connectivity index (χ4v) is 21.7. The Morgan fingerprint density at radius 3 is 1.76 bits per heavy atom. The maximum atomic E-state index is 10.0. The summed E-state index contributed by atoms with van der Waals surface area (Å²) >= 11 is 1.63. The van der Waals surface area contributed by atoms with E-state index in [0.29, 0.717) is 36.0 Å². The topological polar surface area (TPSA) is 141 Å². The van der Waals surface area contributed by atoms with E-state index < -0.39 is 0 Å². The monoisotopic (exact) mass is 2150 g/mol. The summed E-state index contributed by atoms with van der Waals surface area (Å²) in [6.07, 6.45) is 36.4. The molecule has 2 atom stereocenters. The Labute approximate surface area is 820 Å². The number of carbonyl (C=O) groups is 1. The first-order valence-corrected chi connectivity index (χ1v) is 47.8. The number of hydrogen-bond donors (Lipinski definition) is 1. The molecular formula is C117H109Ir2N11O4S-2. The van der Waals surface area contributed by atoms with Crippen LogP contribution in [-0.2, 0) is 64.4 Å². The van der Waals surface area contributed by atoms with Gasteiger partial charge >= 0.3 is 0 Å². The molecule has 15 nitrogen and oxygen atoms in total. The zero-order chi connectivity index (χ0) is 90.7. The van der Waals surface area contributed by atoms with Crippen molar-refractivity contribution in [3.8, 4) is 50.8 Å². The minimum absolute atomic E-state index is 0. The van der Waals surface area contributed by atoms with Crippen LogP contribution in [0.3, 0.4) is 0 Å². The molecule has 0 amide bonds. The molecule has 5 aliphatic heterocycles. The summed E-state index contributed by atoms with van der Waals surface area (Å²) in [5.74, 6) is 3.19. The van der Waals surface area contributed by atoms with Crippen molar-refractivity contribution >= 4 is 110 Å². The van der Waals surface area contributed by atoms with Crippen molar-refractivity contribution in [3.63, 3.8) is 0 Å². The number of hydrogen-bond acceptors (Lipinski definition) is 13. The van der Waals surface area contributed by atoms with E-state index in [0.717, 1.165) is 96.6 Å². The Balaban J connectivity index is 0.000000109. The number of imidazole rings is 2. The Kier molecular flexibility index (Phi) is 28.0. The fourth-order valence-electron chi connectivity index (χ4n) is 20.9. The van der Waals surface area contributed by atoms with Crippen molar-refractivity contribution in [2.24, 2.45) is 0 Å². The van der Waals surface area contributed by atoms with Gasteiger partial charge in [0.1, 0.15) is 52.9 Å². The summed E-state index contributed by atoms with van der Waals surface area (Å²) in [6, 6.07) is 96.8. The van der Waals surface area contributed by atoms with Gasteiger partial charge in [-0.25, -0.2) is 9.55 Å². The van der Waals surface area contributed by atoms with Gasteiger partial charge < -0.3 is 43.1 Å². The zero-order valence-corrected chi connectivity index (χ0v) is 83.0. The number of aromatic nitrogens is 7. The van der Waals surface area contributed by atoms with Gasteiger partial charge in [-0.1, -0.05) is 229 Å². The maximum absolute atomic E-state index is 10.0. The molecule has 8 aromatic heterocycles. The van der Waals surface area contributed by atoms with Crippen LogP contribution in [-0.4, -0.2) is 76.0 Å². The van der Waals surface area contributed by atoms with Gasteiger partial charge in [0.25, 0.3) is 5.65 Å². The van der Waals surface area contributed by atoms with E-state index in [-0.39, 0.29) is 51.8 Å². The SMILES string of the molecule is CC(=O)C=C(C)O.CC(C)c1cccc(C(C)C)c1-n1ccnc1-c1[c-]cccc1.CN1C=CN2c3c(ccc4c3oc3ccccc34)CC12.CN1C=CN2c3ccccc3CC12.[Ir].[Ir].[c-]1ccc2c(oc3ccccc32)c1-c1ccccn1.[c-]1ccccc1-c1ncnc2sccc12.c1cc(C2CCCCC2)c(-c2c[n+]3c4c5c(cccc5c5ccccc5n24)C3)c(C2CCCCC2)c1. The van der Waals surface area contributed by atoms with Gasteiger partial charge in [-0.05, 0) is 155 Å². The number of para-hydroxylation sites is 5. The molecule has 1 N–H and O–H groups in total. The van der Waals surface area contributed by atoms with Crippen molar-refractivity contribution in [1.29, 1.82) is 0 Å². The second kappa shape index (κ2) is 40.9. The third-order valence-electron chi connectivity index (χ3n) is 27.1. The van der Waals surface area contributed by atoms with E-state index in [1.807, 2.05) is 115 Å². The van der Waals surface area contributed by atoms with Crippen LogP contribution in [0.15, 0.2) is 331 Å². The number of aliphatic hydroxyl groups excluding tert-OH is 1. The molecule has 2 unspecified atom stereocenters. The standard InChI is InChI=1S/C34H35N2.C21H23N2.C17H14N2O.C17H10NO.C12H7N2S.C11H12N2.C5H8O2.2Ir/c1-3-11-23(12-4-1)26-17-10-18-27(24-13-5-2-6-14-24)33(26)31-22-35-21-25-15-9-19-29-28-16-7-8-20-30(28)36(31)34(35)32(25)29;1-15(2)18-11-8-12-19(16(3)4)20(18)23-14-13-22-21(23)17-9-6-5-7-10-17;1-18-8-9-19-15(18)10-11-6-7-13-12-4-2-3-5-14(12)20-17(13)16(11)19;1-2-10-16-12(6-1)13-7-5-8-14(17(13)19-16)15-9-3-4-11-18-15;1-2-4-9(5-3-1)11-10-6-7-15-12(10)14-8-13-11;1-12-6-7-13-10-5-3-2-4-9(10)8-11(12)13;1-4(6)3-5(2)7;;/h7-10,15-20,22-24H,1-6,11-14,21H2;5-9,11-16H,1-4H3;2-9,15H,10H2,1H3;1-7,9-11H;1-4,6-8H;2-7,11H,8H2,1H3;3,6H,1-2H3;;/q+1;-1;;2*-1;;;;. The predicted molar refractivity (Wildman–Crippen MR) is 543 cm³/mol. The van der Waals surface area contributed by atoms with Crippen LogP contribution in [0, 0.1) is 18.2 Å². The number of ketones is 1. The minimum Gasteiger partial charge on any atom is -0.512 e. The summed E-state index contributed by atoms with van der Waals surface area (Å²) in [7, 11) is 4.26. The van der Waals surface area contributed by atoms with Crippen molar-refractivity contribution in [3.05, 3.63) is 379 Å². The number of carbonyl (C=O) groups excluding carboxylic acids is 1. The maximum Gasteiger partial charge on any atom is 0.295 e. The molecule has 2 fully saturated rings. The number of rotatable bonds is 10. The molecule has 0 spiro atoms. The Morgan fingerprint density at radius 1 is 0.511 bits per heavy atom. The van der Waals surface area contributed by atoms with Crippen LogP contribution in [0.5, 0.6) is 0 Å². The molecule has 0 saturated heterocycles. The first-order valence-electron chi connectivity index (χ1n) is 47.0. The number of pyridine rings is 2. The van der Waals surface area contributed by atoms with Crippen molar-refractivity contribution in [2.75, 3.05) is 23.9 Å². The number of allylic oxidation sites excluding steroid dienone is 2. The Hall–Kier alpha value is -13.2. The van der Waals surface area contributed by atoms with E-state index in [9.17, 15) is 4.79 Å². The molecule has 2 saturated carbocycles. The molecular weight excluding hydrogens is 2040 g/mol. The minimum atomic E-state index is -0.125. The number of furan rings is 2. The molecule has 682 valence electrons. The van der Waals surface area contributed by atoms with Crippen molar-refractivity contribution < 1.29 is 63.5 Å². The summed E-state index contributed by atoms with van der Waals surface area (Å²) in [5, 5.41) is 20.4. The smallest absolute Gasteiger partial charge is 0.295 e. The van der Waals surface area contributed by atoms with E-state index in [2.05, 4.69) is 296 Å². The second-order valence-corrected chi connectivity index (χ2v) is 37.3. The first-order chi connectivity index (χ1) is 65.2. The molecule has 18 heteroatoms. The van der Waals surface area contributed by atoms with E-state index in [1.54, 1.807) is 40.6 Å². The average Bonchev–Trinajstić information content (AvgIpc) is 1.54. The Bertz CT molecular complexity index is 7500. The number of anilines is 2. The van der Waals surface area contributed by atoms with Crippen LogP contribution in [0.1, 0.15) is 168 Å². The third-order valence-corrected chi connectivity index (χ3v) is 28.0. The molecule has 7 aliphatic rings. The van der Waals surface area contributed by atoms with Gasteiger partial charge in [0.2, 0.25) is 0 Å². The normalized spacial score (nSPS) is 15.6. The molecule has 11 aromatic carbocycles. The first kappa shape index (κ1) is 92.3. The third kappa shape index (κ3) is 18.5. The second-order valence-electron chi connectivity index (χ2n) is 36.4.